The summed E-state index contributed by atoms with van der Waals surface area (Å²) in [5.74, 6) is 0.554. The van der Waals surface area contributed by atoms with Gasteiger partial charge in [-0.2, -0.15) is 0 Å². The van der Waals surface area contributed by atoms with Gasteiger partial charge in [-0.25, -0.2) is 9.48 Å². The molecule has 1 unspecified atom stereocenters. The number of carbonyl (C=O) groups excluding carboxylic acids is 1. The fraction of sp³-hybridized carbons (Fsp3) is 0.375. The number of carbonyl (C=O) groups is 1. The van der Waals surface area contributed by atoms with Gasteiger partial charge in [0, 0.05) is 16.6 Å². The summed E-state index contributed by atoms with van der Waals surface area (Å²) in [4.78, 5) is 26.0. The Kier molecular flexibility index (Phi) is 6.01. The van der Waals surface area contributed by atoms with Crippen LogP contribution in [0.25, 0.3) is 11.4 Å². The second-order valence-corrected chi connectivity index (χ2v) is 8.95. The molecule has 1 saturated carbocycles. The summed E-state index contributed by atoms with van der Waals surface area (Å²) >= 11 is 6.01. The third kappa shape index (κ3) is 4.59. The molecule has 0 radical (unpaired) electrons. The van der Waals surface area contributed by atoms with Crippen molar-refractivity contribution < 1.29 is 4.79 Å². The first-order chi connectivity index (χ1) is 14.8. The van der Waals surface area contributed by atoms with Gasteiger partial charge < -0.3 is 5.32 Å². The molecule has 1 heterocycles. The molecule has 31 heavy (non-hydrogen) atoms. The Morgan fingerprint density at radius 3 is 2.45 bits per heavy atom. The molecular formula is C24H27ClN4O2. The van der Waals surface area contributed by atoms with Crippen LogP contribution in [-0.2, 0) is 11.3 Å². The van der Waals surface area contributed by atoms with Gasteiger partial charge in [0.25, 0.3) is 0 Å². The molecular weight excluding hydrogens is 412 g/mol. The summed E-state index contributed by atoms with van der Waals surface area (Å²) in [6.07, 6.45) is 1.89. The van der Waals surface area contributed by atoms with Crippen molar-refractivity contribution in [2.45, 2.75) is 52.2 Å². The molecule has 1 aliphatic carbocycles. The van der Waals surface area contributed by atoms with Crippen LogP contribution < -0.4 is 11.0 Å². The van der Waals surface area contributed by atoms with Crippen molar-refractivity contribution in [1.29, 1.82) is 0 Å². The molecule has 4 rings (SSSR count). The number of hydrogen-bond acceptors (Lipinski definition) is 3. The fourth-order valence-corrected chi connectivity index (χ4v) is 4.00. The van der Waals surface area contributed by atoms with E-state index < -0.39 is 0 Å². The van der Waals surface area contributed by atoms with Gasteiger partial charge in [-0.15, -0.1) is 5.10 Å². The van der Waals surface area contributed by atoms with Gasteiger partial charge in [0.2, 0.25) is 5.91 Å². The molecule has 162 valence electrons. The summed E-state index contributed by atoms with van der Waals surface area (Å²) in [5.41, 5.74) is 2.78. The number of aryl methyl sites for hydroxylation is 1. The highest BCUT2D eigenvalue weighted by molar-refractivity contribution is 6.30. The third-order valence-electron chi connectivity index (χ3n) is 5.69. The summed E-state index contributed by atoms with van der Waals surface area (Å²) in [5, 5.41) is 8.25. The second-order valence-electron chi connectivity index (χ2n) is 8.52. The van der Waals surface area contributed by atoms with Crippen LogP contribution >= 0.6 is 11.6 Å². The van der Waals surface area contributed by atoms with E-state index in [9.17, 15) is 9.59 Å². The Morgan fingerprint density at radius 1 is 1.16 bits per heavy atom. The SMILES string of the molecule is Cc1ccccc1C(NC(=O)Cn1nc(-c2ccc(Cl)cc2)n(C2CC2)c1=O)C(C)C. The maximum Gasteiger partial charge on any atom is 0.346 e. The highest BCUT2D eigenvalue weighted by Gasteiger charge is 2.31. The maximum atomic E-state index is 13.0. The highest BCUT2D eigenvalue weighted by atomic mass is 35.5. The zero-order valence-corrected chi connectivity index (χ0v) is 18.8. The van der Waals surface area contributed by atoms with Crippen LogP contribution in [0.15, 0.2) is 53.3 Å². The molecule has 1 aliphatic rings. The van der Waals surface area contributed by atoms with Gasteiger partial charge in [0.15, 0.2) is 5.82 Å². The van der Waals surface area contributed by atoms with Crippen molar-refractivity contribution in [3.63, 3.8) is 0 Å². The summed E-state index contributed by atoms with van der Waals surface area (Å²) < 4.78 is 2.98. The number of aromatic nitrogens is 3. The van der Waals surface area contributed by atoms with Crippen LogP contribution in [0.2, 0.25) is 5.02 Å². The molecule has 0 spiro atoms. The standard InChI is InChI=1S/C24H27ClN4O2/c1-15(2)22(20-7-5-4-6-16(20)3)26-21(30)14-28-24(31)29(19-12-13-19)23(27-28)17-8-10-18(25)11-9-17/h4-11,15,19,22H,12-14H2,1-3H3,(H,26,30). The van der Waals surface area contributed by atoms with Crippen molar-refractivity contribution in [2.75, 3.05) is 0 Å². The minimum Gasteiger partial charge on any atom is -0.347 e. The number of halogens is 1. The van der Waals surface area contributed by atoms with E-state index in [1.807, 2.05) is 43.3 Å². The van der Waals surface area contributed by atoms with Crippen LogP contribution in [-0.4, -0.2) is 20.3 Å². The van der Waals surface area contributed by atoms with Gasteiger partial charge in [0.1, 0.15) is 6.54 Å². The molecule has 2 aromatic carbocycles. The van der Waals surface area contributed by atoms with Crippen LogP contribution in [0.3, 0.4) is 0 Å². The molecule has 0 saturated heterocycles. The van der Waals surface area contributed by atoms with Crippen LogP contribution in [0.1, 0.15) is 49.9 Å². The Balaban J connectivity index is 1.59. The highest BCUT2D eigenvalue weighted by Crippen LogP contribution is 2.36. The van der Waals surface area contributed by atoms with E-state index in [-0.39, 0.29) is 36.1 Å². The fourth-order valence-electron chi connectivity index (χ4n) is 3.88. The van der Waals surface area contributed by atoms with Crippen LogP contribution in [0.5, 0.6) is 0 Å². The molecule has 0 bridgehead atoms. The zero-order valence-electron chi connectivity index (χ0n) is 18.0. The quantitative estimate of drug-likeness (QED) is 0.589. The number of hydrogen-bond donors (Lipinski definition) is 1. The topological polar surface area (TPSA) is 68.9 Å². The van der Waals surface area contributed by atoms with Crippen molar-refractivity contribution in [3.05, 3.63) is 75.2 Å². The number of rotatable bonds is 7. The smallest absolute Gasteiger partial charge is 0.346 e. The van der Waals surface area contributed by atoms with E-state index in [0.29, 0.717) is 10.8 Å². The van der Waals surface area contributed by atoms with E-state index in [1.165, 1.54) is 4.68 Å². The van der Waals surface area contributed by atoms with Gasteiger partial charge in [-0.3, -0.25) is 9.36 Å². The maximum absolute atomic E-state index is 13.0. The average molecular weight is 439 g/mol. The molecule has 1 fully saturated rings. The molecule has 1 atom stereocenters. The lowest BCUT2D eigenvalue weighted by atomic mass is 9.92. The van der Waals surface area contributed by atoms with Crippen LogP contribution in [0.4, 0.5) is 0 Å². The Morgan fingerprint density at radius 2 is 1.84 bits per heavy atom. The molecule has 7 heteroatoms. The first-order valence-corrected chi connectivity index (χ1v) is 11.0. The van der Waals surface area contributed by atoms with Crippen molar-refractivity contribution in [2.24, 2.45) is 5.92 Å². The Hall–Kier alpha value is -2.86. The molecule has 0 aliphatic heterocycles. The lowest BCUT2D eigenvalue weighted by Gasteiger charge is -2.24. The molecule has 1 N–H and O–H groups in total. The Bertz CT molecular complexity index is 1140. The monoisotopic (exact) mass is 438 g/mol. The summed E-state index contributed by atoms with van der Waals surface area (Å²) in [6, 6.07) is 15.3. The minimum atomic E-state index is -0.250. The molecule has 6 nitrogen and oxygen atoms in total. The summed E-state index contributed by atoms with van der Waals surface area (Å²) in [6.45, 7) is 6.07. The number of nitrogens with one attached hydrogen (secondary N) is 1. The molecule has 3 aromatic rings. The van der Waals surface area contributed by atoms with Crippen molar-refractivity contribution in [3.8, 4) is 11.4 Å². The average Bonchev–Trinajstić information content (AvgIpc) is 3.52. The first kappa shape index (κ1) is 21.4. The first-order valence-electron chi connectivity index (χ1n) is 10.7. The normalized spacial score (nSPS) is 14.6. The Labute approximate surface area is 186 Å². The number of benzene rings is 2. The second kappa shape index (κ2) is 8.71. The van der Waals surface area contributed by atoms with Crippen LogP contribution in [0, 0.1) is 12.8 Å². The van der Waals surface area contributed by atoms with Crippen molar-refractivity contribution >= 4 is 17.5 Å². The van der Waals surface area contributed by atoms with E-state index in [0.717, 1.165) is 29.5 Å². The predicted molar refractivity (Wildman–Crippen MR) is 122 cm³/mol. The molecule has 1 amide bonds. The van der Waals surface area contributed by atoms with E-state index in [4.69, 9.17) is 11.6 Å². The summed E-state index contributed by atoms with van der Waals surface area (Å²) in [7, 11) is 0. The number of amides is 1. The molecule has 1 aromatic heterocycles. The lowest BCUT2D eigenvalue weighted by molar-refractivity contribution is -0.123. The van der Waals surface area contributed by atoms with Gasteiger partial charge in [-0.05, 0) is 61.1 Å². The zero-order chi connectivity index (χ0) is 22.1. The largest absolute Gasteiger partial charge is 0.347 e. The van der Waals surface area contributed by atoms with E-state index in [1.54, 1.807) is 16.7 Å². The van der Waals surface area contributed by atoms with Gasteiger partial charge >= 0.3 is 5.69 Å². The minimum absolute atomic E-state index is 0.117. The van der Waals surface area contributed by atoms with Gasteiger partial charge in [0.05, 0.1) is 6.04 Å². The van der Waals surface area contributed by atoms with Crippen molar-refractivity contribution in [1.82, 2.24) is 19.7 Å². The van der Waals surface area contributed by atoms with Gasteiger partial charge in [-0.1, -0.05) is 49.7 Å². The predicted octanol–water partition coefficient (Wildman–Crippen LogP) is 4.52. The third-order valence-corrected chi connectivity index (χ3v) is 5.94. The van der Waals surface area contributed by atoms with E-state index >= 15 is 0 Å². The number of nitrogens with zero attached hydrogens (tertiary/aromatic N) is 3. The lowest BCUT2D eigenvalue weighted by Crippen LogP contribution is -2.37. The van der Waals surface area contributed by atoms with E-state index in [2.05, 4.69) is 24.3 Å².